The van der Waals surface area contributed by atoms with E-state index in [9.17, 15) is 0 Å². The van der Waals surface area contributed by atoms with Crippen molar-refractivity contribution in [2.45, 2.75) is 46.2 Å². The topological polar surface area (TPSA) is 28.2 Å². The minimum atomic E-state index is 0.303. The van der Waals surface area contributed by atoms with E-state index in [1.54, 1.807) is 0 Å². The molecule has 1 aliphatic rings. The van der Waals surface area contributed by atoms with Gasteiger partial charge in [-0.05, 0) is 36.9 Å². The monoisotopic (exact) mass is 261 g/mol. The molecule has 1 aromatic rings. The van der Waals surface area contributed by atoms with Crippen molar-refractivity contribution in [3.05, 3.63) is 30.1 Å². The highest BCUT2D eigenvalue weighted by atomic mass is 15.2. The fourth-order valence-electron chi connectivity index (χ4n) is 2.71. The van der Waals surface area contributed by atoms with Crippen LogP contribution in [-0.2, 0) is 0 Å². The number of aromatic nitrogens is 1. The molecule has 0 bridgehead atoms. The lowest BCUT2D eigenvalue weighted by Gasteiger charge is -2.36. The summed E-state index contributed by atoms with van der Waals surface area (Å²) in [6, 6.07) is 5.21. The summed E-state index contributed by atoms with van der Waals surface area (Å²) < 4.78 is 0. The van der Waals surface area contributed by atoms with Crippen molar-refractivity contribution in [3.8, 4) is 0 Å². The summed E-state index contributed by atoms with van der Waals surface area (Å²) in [5, 5.41) is 3.70. The molecule has 106 valence electrons. The second kappa shape index (κ2) is 6.02. The van der Waals surface area contributed by atoms with E-state index in [1.165, 1.54) is 12.0 Å². The van der Waals surface area contributed by atoms with E-state index < -0.39 is 0 Å². The van der Waals surface area contributed by atoms with Crippen molar-refractivity contribution < 1.29 is 0 Å². The molecule has 0 spiro atoms. The van der Waals surface area contributed by atoms with E-state index in [0.29, 0.717) is 17.5 Å². The van der Waals surface area contributed by atoms with Crippen LogP contribution in [0.1, 0.15) is 45.7 Å². The molecule has 0 saturated carbocycles. The first-order valence-corrected chi connectivity index (χ1v) is 7.36. The molecule has 1 aliphatic heterocycles. The van der Waals surface area contributed by atoms with Gasteiger partial charge in [-0.25, -0.2) is 0 Å². The maximum atomic E-state index is 4.25. The quantitative estimate of drug-likeness (QED) is 0.887. The molecule has 1 aromatic heterocycles. The summed E-state index contributed by atoms with van der Waals surface area (Å²) >= 11 is 0. The zero-order chi connectivity index (χ0) is 13.9. The fraction of sp³-hybridized carbons (Fsp3) is 0.688. The Morgan fingerprint density at radius 2 is 2.21 bits per heavy atom. The van der Waals surface area contributed by atoms with Crippen molar-refractivity contribution in [1.82, 2.24) is 15.2 Å². The minimum Gasteiger partial charge on any atom is -0.312 e. The molecule has 2 rings (SSSR count). The molecule has 1 N–H and O–H groups in total. The zero-order valence-corrected chi connectivity index (χ0v) is 12.7. The number of pyridine rings is 1. The molecule has 0 amide bonds. The van der Waals surface area contributed by atoms with Gasteiger partial charge in [0.05, 0.1) is 0 Å². The van der Waals surface area contributed by atoms with Gasteiger partial charge in [-0.15, -0.1) is 0 Å². The van der Waals surface area contributed by atoms with Crippen LogP contribution in [0.2, 0.25) is 0 Å². The number of nitrogens with zero attached hydrogens (tertiary/aromatic N) is 2. The van der Waals surface area contributed by atoms with Gasteiger partial charge in [-0.2, -0.15) is 0 Å². The van der Waals surface area contributed by atoms with Crippen molar-refractivity contribution in [1.29, 1.82) is 0 Å². The summed E-state index contributed by atoms with van der Waals surface area (Å²) in [4.78, 5) is 6.84. The van der Waals surface area contributed by atoms with Crippen LogP contribution in [0.5, 0.6) is 0 Å². The average molecular weight is 261 g/mol. The molecule has 0 radical (unpaired) electrons. The van der Waals surface area contributed by atoms with Crippen LogP contribution < -0.4 is 5.32 Å². The zero-order valence-electron chi connectivity index (χ0n) is 12.7. The van der Waals surface area contributed by atoms with Gasteiger partial charge in [-0.1, -0.05) is 26.8 Å². The third-order valence-corrected chi connectivity index (χ3v) is 4.19. The lowest BCUT2D eigenvalue weighted by molar-refractivity contribution is 0.162. The van der Waals surface area contributed by atoms with Gasteiger partial charge in [0.25, 0.3) is 0 Å². The third-order valence-electron chi connectivity index (χ3n) is 4.19. The van der Waals surface area contributed by atoms with Gasteiger partial charge in [0.15, 0.2) is 0 Å². The molecule has 3 heteroatoms. The van der Waals surface area contributed by atoms with E-state index in [0.717, 1.165) is 19.6 Å². The van der Waals surface area contributed by atoms with Gasteiger partial charge in [-0.3, -0.25) is 9.88 Å². The number of hydrogen-bond acceptors (Lipinski definition) is 3. The molecule has 2 atom stereocenters. The lowest BCUT2D eigenvalue weighted by atomic mass is 9.86. The first kappa shape index (κ1) is 14.5. The molecular formula is C16H27N3. The fourth-order valence-corrected chi connectivity index (χ4v) is 2.71. The highest BCUT2D eigenvalue weighted by molar-refractivity contribution is 5.13. The maximum absolute atomic E-state index is 4.25. The van der Waals surface area contributed by atoms with Gasteiger partial charge >= 0.3 is 0 Å². The normalized spacial score (nSPS) is 23.9. The third kappa shape index (κ3) is 3.77. The van der Waals surface area contributed by atoms with E-state index >= 15 is 0 Å². The van der Waals surface area contributed by atoms with E-state index in [1.807, 2.05) is 18.5 Å². The smallest absolute Gasteiger partial charge is 0.0335 e. The first-order valence-electron chi connectivity index (χ1n) is 7.36. The minimum absolute atomic E-state index is 0.303. The standard InChI is InChI=1S/C16H27N3/c1-13(14-7-5-8-17-11-14)19-10-6-9-18-15(12-19)16(2,3)4/h5,7-8,11,13,15,18H,6,9-10,12H2,1-4H3. The Morgan fingerprint density at radius 3 is 2.84 bits per heavy atom. The van der Waals surface area contributed by atoms with Gasteiger partial charge in [0, 0.05) is 37.6 Å². The molecule has 0 aliphatic carbocycles. The summed E-state index contributed by atoms with van der Waals surface area (Å²) in [7, 11) is 0. The Labute approximate surface area is 117 Å². The molecule has 1 fully saturated rings. The Bertz CT molecular complexity index is 383. The van der Waals surface area contributed by atoms with Crippen molar-refractivity contribution in [2.75, 3.05) is 19.6 Å². The average Bonchev–Trinajstić information content (AvgIpc) is 2.64. The predicted molar refractivity (Wildman–Crippen MR) is 80.1 cm³/mol. The largest absolute Gasteiger partial charge is 0.312 e. The lowest BCUT2D eigenvalue weighted by Crippen LogP contribution is -2.46. The molecule has 3 nitrogen and oxygen atoms in total. The highest BCUT2D eigenvalue weighted by Crippen LogP contribution is 2.26. The second-order valence-electron chi connectivity index (χ2n) is 6.68. The second-order valence-corrected chi connectivity index (χ2v) is 6.68. The number of rotatable bonds is 2. The van der Waals surface area contributed by atoms with Crippen molar-refractivity contribution in [2.24, 2.45) is 5.41 Å². The highest BCUT2D eigenvalue weighted by Gasteiger charge is 2.30. The van der Waals surface area contributed by atoms with Crippen LogP contribution in [0.25, 0.3) is 0 Å². The molecule has 19 heavy (non-hydrogen) atoms. The first-order chi connectivity index (χ1) is 8.98. The van der Waals surface area contributed by atoms with Gasteiger partial charge in [0.1, 0.15) is 0 Å². The number of hydrogen-bond donors (Lipinski definition) is 1. The summed E-state index contributed by atoms with van der Waals surface area (Å²) in [5.74, 6) is 0. The van der Waals surface area contributed by atoms with E-state index in [-0.39, 0.29) is 0 Å². The summed E-state index contributed by atoms with van der Waals surface area (Å²) in [6.07, 6.45) is 5.06. The predicted octanol–water partition coefficient (Wildman–Crippen LogP) is 2.85. The van der Waals surface area contributed by atoms with Crippen LogP contribution >= 0.6 is 0 Å². The van der Waals surface area contributed by atoms with Crippen LogP contribution in [0.3, 0.4) is 0 Å². The van der Waals surface area contributed by atoms with Crippen molar-refractivity contribution in [3.63, 3.8) is 0 Å². The Balaban J connectivity index is 2.10. The van der Waals surface area contributed by atoms with Gasteiger partial charge < -0.3 is 5.32 Å². The van der Waals surface area contributed by atoms with Crippen molar-refractivity contribution >= 4 is 0 Å². The SMILES string of the molecule is CC(c1cccnc1)N1CCCNC(C(C)(C)C)C1. The van der Waals surface area contributed by atoms with Gasteiger partial charge in [0.2, 0.25) is 0 Å². The van der Waals surface area contributed by atoms with E-state index in [2.05, 4.69) is 49.0 Å². The molecule has 1 saturated heterocycles. The van der Waals surface area contributed by atoms with Crippen LogP contribution in [0, 0.1) is 5.41 Å². The molecular weight excluding hydrogens is 234 g/mol. The summed E-state index contributed by atoms with van der Waals surface area (Å²) in [6.45, 7) is 12.7. The molecule has 2 unspecified atom stereocenters. The Hall–Kier alpha value is -0.930. The molecule has 0 aromatic carbocycles. The number of nitrogens with one attached hydrogen (secondary N) is 1. The van der Waals surface area contributed by atoms with Crippen LogP contribution in [-0.4, -0.2) is 35.6 Å². The Kier molecular flexibility index (Phi) is 4.58. The van der Waals surface area contributed by atoms with Crippen LogP contribution in [0.4, 0.5) is 0 Å². The maximum Gasteiger partial charge on any atom is 0.0335 e. The Morgan fingerprint density at radius 1 is 1.42 bits per heavy atom. The summed E-state index contributed by atoms with van der Waals surface area (Å²) in [5.41, 5.74) is 1.62. The molecule has 2 heterocycles. The van der Waals surface area contributed by atoms with E-state index in [4.69, 9.17) is 0 Å². The van der Waals surface area contributed by atoms with Crippen LogP contribution in [0.15, 0.2) is 24.5 Å².